The van der Waals surface area contributed by atoms with Crippen LogP contribution in [-0.2, 0) is 23.5 Å². The van der Waals surface area contributed by atoms with Crippen molar-refractivity contribution in [2.24, 2.45) is 5.92 Å². The molecule has 4 aliphatic rings. The SMILES string of the molecule is C/C=C1\C2=C3N(C[C@H]4O[C@@H](n5cc(C)c(=O)[nH]c5=O)[C@H](O[Si](C)(C)C(C)(C)C)[C@@]34OS2(=O)=O)C(CC)(CC)[C@@H]1C. The van der Waals surface area contributed by atoms with Crippen LogP contribution in [0.1, 0.15) is 73.1 Å². The van der Waals surface area contributed by atoms with Gasteiger partial charge in [0.15, 0.2) is 20.1 Å². The Morgan fingerprint density at radius 1 is 1.23 bits per heavy atom. The minimum Gasteiger partial charge on any atom is -0.406 e. The molecule has 0 saturated carbocycles. The second-order valence-corrected chi connectivity index (χ2v) is 19.4. The maximum Gasteiger partial charge on any atom is 0.330 e. The fraction of sp³-hybridized carbons (Fsp3) is 0.714. The highest BCUT2D eigenvalue weighted by molar-refractivity contribution is 7.91. The lowest BCUT2D eigenvalue weighted by Gasteiger charge is -2.52. The third kappa shape index (κ3) is 3.65. The summed E-state index contributed by atoms with van der Waals surface area (Å²) in [6.45, 7) is 20.7. The average Bonchev–Trinajstić information content (AvgIpc) is 3.39. The second-order valence-electron chi connectivity index (χ2n) is 13.2. The number of nitrogens with zero attached hydrogens (tertiary/aromatic N) is 2. The third-order valence-electron chi connectivity index (χ3n) is 10.4. The summed E-state index contributed by atoms with van der Waals surface area (Å²) in [4.78, 5) is 30.2. The van der Waals surface area contributed by atoms with Crippen LogP contribution in [0.25, 0.3) is 0 Å². The highest BCUT2D eigenvalue weighted by Crippen LogP contribution is 2.64. The van der Waals surface area contributed by atoms with Gasteiger partial charge >= 0.3 is 5.69 Å². The molecule has 222 valence electrons. The smallest absolute Gasteiger partial charge is 0.330 e. The first-order valence-corrected chi connectivity index (χ1v) is 18.5. The number of H-pyrrole nitrogens is 1. The molecule has 12 heteroatoms. The Labute approximate surface area is 237 Å². The Morgan fingerprint density at radius 2 is 1.85 bits per heavy atom. The molecule has 4 aliphatic heterocycles. The normalized spacial score (nSPS) is 33.5. The third-order valence-corrected chi connectivity index (χ3v) is 16.3. The summed E-state index contributed by atoms with van der Waals surface area (Å²) in [5, 5.41) is -0.225. The predicted octanol–water partition coefficient (Wildman–Crippen LogP) is 3.91. The monoisotopic (exact) mass is 593 g/mol. The Hall–Kier alpha value is -1.99. The standard InChI is InChI=1S/C28H43N3O7SSi/c1-11-18-17(5)27(12-2,13-3)31-15-19-28(21(31)20(18)39(34,35)38-28)22(37-40(9,10)26(6,7)8)24(36-19)30-14-16(4)23(32)29-25(30)33/h11,14,17,19,22,24H,12-13,15H2,1-10H3,(H,29,32,33)/b18-11-/t17-,19-,22+,24-,28+/m1/s1. The van der Waals surface area contributed by atoms with Crippen LogP contribution in [0.3, 0.4) is 0 Å². The number of allylic oxidation sites excluding steroid dienone is 2. The molecule has 0 bridgehead atoms. The van der Waals surface area contributed by atoms with Gasteiger partial charge in [-0.1, -0.05) is 47.6 Å². The molecule has 1 N–H and O–H groups in total. The highest BCUT2D eigenvalue weighted by Gasteiger charge is 2.76. The number of hydrogen-bond donors (Lipinski definition) is 1. The number of ether oxygens (including phenoxy) is 1. The molecular weight excluding hydrogens is 550 g/mol. The highest BCUT2D eigenvalue weighted by atomic mass is 32.2. The van der Waals surface area contributed by atoms with Crippen molar-refractivity contribution >= 4 is 18.4 Å². The van der Waals surface area contributed by atoms with Gasteiger partial charge in [0, 0.05) is 29.8 Å². The van der Waals surface area contributed by atoms with Gasteiger partial charge < -0.3 is 14.1 Å². The summed E-state index contributed by atoms with van der Waals surface area (Å²) >= 11 is 0. The minimum absolute atomic E-state index is 0.0568. The maximum absolute atomic E-state index is 14.0. The maximum atomic E-state index is 14.0. The van der Waals surface area contributed by atoms with Crippen molar-refractivity contribution in [3.05, 3.63) is 54.8 Å². The first-order valence-electron chi connectivity index (χ1n) is 14.2. The van der Waals surface area contributed by atoms with Crippen molar-refractivity contribution < 1.29 is 21.8 Å². The molecule has 5 heterocycles. The largest absolute Gasteiger partial charge is 0.406 e. The molecule has 1 spiro atoms. The zero-order valence-electron chi connectivity index (χ0n) is 25.2. The summed E-state index contributed by atoms with van der Waals surface area (Å²) in [7, 11) is -6.76. The van der Waals surface area contributed by atoms with Gasteiger partial charge in [-0.05, 0) is 50.4 Å². The molecule has 5 rings (SSSR count). The van der Waals surface area contributed by atoms with Crippen molar-refractivity contribution in [2.45, 2.75) is 116 Å². The van der Waals surface area contributed by atoms with Crippen LogP contribution in [0, 0.1) is 12.8 Å². The Morgan fingerprint density at radius 3 is 2.40 bits per heavy atom. The molecule has 5 atom stereocenters. The van der Waals surface area contributed by atoms with E-state index in [1.54, 1.807) is 6.92 Å². The predicted molar refractivity (Wildman–Crippen MR) is 155 cm³/mol. The summed E-state index contributed by atoms with van der Waals surface area (Å²) in [6, 6.07) is 0. The number of aromatic amines is 1. The van der Waals surface area contributed by atoms with Gasteiger partial charge in [0.1, 0.15) is 17.1 Å². The van der Waals surface area contributed by atoms with Crippen LogP contribution in [0.15, 0.2) is 38.0 Å². The topological polar surface area (TPSA) is 120 Å². The van der Waals surface area contributed by atoms with E-state index in [1.165, 1.54) is 10.8 Å². The van der Waals surface area contributed by atoms with Crippen LogP contribution in [0.4, 0.5) is 0 Å². The molecule has 40 heavy (non-hydrogen) atoms. The lowest BCUT2D eigenvalue weighted by atomic mass is 9.71. The zero-order valence-corrected chi connectivity index (χ0v) is 27.1. The van der Waals surface area contributed by atoms with E-state index in [9.17, 15) is 18.0 Å². The van der Waals surface area contributed by atoms with Gasteiger partial charge in [-0.15, -0.1) is 0 Å². The number of nitrogens with one attached hydrogen (secondary N) is 1. The van der Waals surface area contributed by atoms with Crippen LogP contribution in [-0.4, -0.2) is 61.1 Å². The Kier molecular flexibility index (Phi) is 6.64. The number of rotatable bonds is 5. The van der Waals surface area contributed by atoms with Crippen LogP contribution < -0.4 is 11.2 Å². The molecule has 1 aromatic rings. The summed E-state index contributed by atoms with van der Waals surface area (Å²) in [5.41, 5.74) is -1.26. The molecule has 0 aromatic carbocycles. The molecule has 2 fully saturated rings. The number of hydrogen-bond acceptors (Lipinski definition) is 8. The van der Waals surface area contributed by atoms with E-state index in [0.717, 1.165) is 18.4 Å². The zero-order chi connectivity index (χ0) is 29.8. The summed E-state index contributed by atoms with van der Waals surface area (Å²) in [6.07, 6.45) is 2.29. The molecular formula is C28H43N3O7SSi. The molecule has 10 nitrogen and oxygen atoms in total. The van der Waals surface area contributed by atoms with Gasteiger partial charge in [0.05, 0.1) is 5.70 Å². The van der Waals surface area contributed by atoms with Crippen molar-refractivity contribution in [2.75, 3.05) is 6.54 Å². The van der Waals surface area contributed by atoms with Crippen LogP contribution in [0.2, 0.25) is 18.1 Å². The van der Waals surface area contributed by atoms with E-state index in [2.05, 4.69) is 64.5 Å². The first kappa shape index (κ1) is 29.5. The average molecular weight is 594 g/mol. The van der Waals surface area contributed by atoms with E-state index >= 15 is 0 Å². The number of aromatic nitrogens is 2. The van der Waals surface area contributed by atoms with E-state index in [4.69, 9.17) is 13.3 Å². The molecule has 1 aromatic heterocycles. The fourth-order valence-electron chi connectivity index (χ4n) is 7.11. The quantitative estimate of drug-likeness (QED) is 0.403. The Bertz CT molecular complexity index is 1530. The van der Waals surface area contributed by atoms with Crippen molar-refractivity contribution in [3.8, 4) is 0 Å². The van der Waals surface area contributed by atoms with E-state index in [1.807, 2.05) is 13.0 Å². The molecule has 2 saturated heterocycles. The van der Waals surface area contributed by atoms with Crippen molar-refractivity contribution in [1.29, 1.82) is 0 Å². The number of aryl methyl sites for hydroxylation is 1. The van der Waals surface area contributed by atoms with Crippen LogP contribution >= 0.6 is 0 Å². The van der Waals surface area contributed by atoms with Gasteiger partial charge in [-0.2, -0.15) is 8.42 Å². The Balaban J connectivity index is 1.82. The van der Waals surface area contributed by atoms with Gasteiger partial charge in [-0.3, -0.25) is 14.3 Å². The van der Waals surface area contributed by atoms with E-state index < -0.39 is 53.7 Å². The molecule has 0 amide bonds. The van der Waals surface area contributed by atoms with Gasteiger partial charge in [-0.25, -0.2) is 8.98 Å². The molecule has 0 radical (unpaired) electrons. The summed E-state index contributed by atoms with van der Waals surface area (Å²) < 4.78 is 49.3. The minimum atomic E-state index is -4.18. The van der Waals surface area contributed by atoms with E-state index in [0.29, 0.717) is 17.8 Å². The van der Waals surface area contributed by atoms with Gasteiger partial charge in [0.25, 0.3) is 15.7 Å². The summed E-state index contributed by atoms with van der Waals surface area (Å²) in [5.74, 6) is -0.0568. The molecule has 0 unspecified atom stereocenters. The first-order chi connectivity index (χ1) is 18.4. The molecule has 0 aliphatic carbocycles. The van der Waals surface area contributed by atoms with Gasteiger partial charge in [0.2, 0.25) is 0 Å². The second kappa shape index (κ2) is 9.00. The van der Waals surface area contributed by atoms with Crippen molar-refractivity contribution in [1.82, 2.24) is 14.5 Å². The van der Waals surface area contributed by atoms with Crippen molar-refractivity contribution in [3.63, 3.8) is 0 Å². The van der Waals surface area contributed by atoms with Crippen LogP contribution in [0.5, 0.6) is 0 Å². The lowest BCUT2D eigenvalue weighted by molar-refractivity contribution is -0.0545. The van der Waals surface area contributed by atoms with E-state index in [-0.39, 0.29) is 21.4 Å². The fourth-order valence-corrected chi connectivity index (χ4v) is 10.2. The lowest BCUT2D eigenvalue weighted by Crippen LogP contribution is -2.58.